The number of aliphatic hydroxyl groups is 1. The molecule has 1 fully saturated rings. The predicted molar refractivity (Wildman–Crippen MR) is 109 cm³/mol. The lowest BCUT2D eigenvalue weighted by atomic mass is 9.88. The maximum absolute atomic E-state index is 10.5. The summed E-state index contributed by atoms with van der Waals surface area (Å²) in [6, 6.07) is 16.8. The van der Waals surface area contributed by atoms with Crippen molar-refractivity contribution in [2.24, 2.45) is 5.92 Å². The lowest BCUT2D eigenvalue weighted by molar-refractivity contribution is 0.0239. The molecule has 4 heteroatoms. The van der Waals surface area contributed by atoms with Crippen LogP contribution in [0.1, 0.15) is 31.4 Å². The summed E-state index contributed by atoms with van der Waals surface area (Å²) in [5.41, 5.74) is 2.57. The number of hydrogen-bond donors (Lipinski definition) is 1. The molecule has 140 valence electrons. The van der Waals surface area contributed by atoms with E-state index in [2.05, 4.69) is 63.3 Å². The van der Waals surface area contributed by atoms with Crippen LogP contribution >= 0.6 is 15.9 Å². The van der Waals surface area contributed by atoms with E-state index in [4.69, 9.17) is 4.74 Å². The van der Waals surface area contributed by atoms with Gasteiger partial charge in [0, 0.05) is 25.6 Å². The first-order valence-corrected chi connectivity index (χ1v) is 10.2. The number of nitrogens with zero attached hydrogens (tertiary/aromatic N) is 1. The van der Waals surface area contributed by atoms with Crippen LogP contribution in [0.15, 0.2) is 53.0 Å². The van der Waals surface area contributed by atoms with Gasteiger partial charge in [-0.15, -0.1) is 0 Å². The average Bonchev–Trinajstić information content (AvgIpc) is 2.61. The van der Waals surface area contributed by atoms with Crippen LogP contribution < -0.4 is 4.74 Å². The lowest BCUT2D eigenvalue weighted by Gasteiger charge is -2.36. The Bertz CT molecular complexity index is 705. The number of benzene rings is 2. The van der Waals surface area contributed by atoms with E-state index in [1.54, 1.807) is 0 Å². The Hall–Kier alpha value is -1.36. The van der Waals surface area contributed by atoms with Crippen molar-refractivity contribution >= 4 is 15.9 Å². The van der Waals surface area contributed by atoms with Gasteiger partial charge in [0.05, 0.1) is 16.7 Å². The molecular weight excluding hydrogens is 390 g/mol. The molecule has 3 nitrogen and oxygen atoms in total. The Kier molecular flexibility index (Phi) is 6.74. The number of piperidine rings is 1. The topological polar surface area (TPSA) is 32.7 Å². The van der Waals surface area contributed by atoms with Crippen molar-refractivity contribution in [1.82, 2.24) is 4.90 Å². The summed E-state index contributed by atoms with van der Waals surface area (Å²) in [4.78, 5) is 2.46. The zero-order valence-corrected chi connectivity index (χ0v) is 17.2. The average molecular weight is 418 g/mol. The molecule has 0 aromatic heterocycles. The minimum absolute atomic E-state index is 0.156. The maximum atomic E-state index is 10.5. The van der Waals surface area contributed by atoms with Gasteiger partial charge in [0.1, 0.15) is 5.75 Å². The van der Waals surface area contributed by atoms with Crippen LogP contribution in [0.4, 0.5) is 0 Å². The third kappa shape index (κ3) is 5.32. The van der Waals surface area contributed by atoms with Gasteiger partial charge < -0.3 is 9.84 Å². The van der Waals surface area contributed by atoms with Crippen LogP contribution in [0, 0.1) is 5.92 Å². The second-order valence-electron chi connectivity index (χ2n) is 7.47. The van der Waals surface area contributed by atoms with Crippen LogP contribution in [0.3, 0.4) is 0 Å². The molecule has 1 aliphatic rings. The molecular formula is C22H28BrNO2. The fourth-order valence-corrected chi connectivity index (χ4v) is 4.12. The molecule has 2 unspecified atom stereocenters. The third-order valence-electron chi connectivity index (χ3n) is 4.88. The summed E-state index contributed by atoms with van der Waals surface area (Å²) in [5.74, 6) is 1.13. The number of ether oxygens (including phenoxy) is 1. The monoisotopic (exact) mass is 417 g/mol. The van der Waals surface area contributed by atoms with Gasteiger partial charge in [0.2, 0.25) is 0 Å². The second kappa shape index (κ2) is 9.03. The first kappa shape index (κ1) is 19.4. The molecule has 0 saturated carbocycles. The lowest BCUT2D eigenvalue weighted by Crippen LogP contribution is -2.43. The molecule has 1 saturated heterocycles. The Morgan fingerprint density at radius 2 is 1.92 bits per heavy atom. The van der Waals surface area contributed by atoms with Crippen molar-refractivity contribution in [1.29, 1.82) is 0 Å². The van der Waals surface area contributed by atoms with Crippen LogP contribution in [0.2, 0.25) is 0 Å². The number of halogens is 1. The van der Waals surface area contributed by atoms with E-state index in [0.717, 1.165) is 42.7 Å². The first-order valence-electron chi connectivity index (χ1n) is 9.40. The van der Waals surface area contributed by atoms with Crippen molar-refractivity contribution in [2.75, 3.05) is 13.1 Å². The van der Waals surface area contributed by atoms with E-state index in [1.807, 2.05) is 19.9 Å². The number of rotatable bonds is 6. The molecule has 0 bridgehead atoms. The molecule has 0 amide bonds. The Labute approximate surface area is 165 Å². The molecule has 2 aromatic rings. The van der Waals surface area contributed by atoms with Crippen LogP contribution in [0.25, 0.3) is 0 Å². The summed E-state index contributed by atoms with van der Waals surface area (Å²) in [6.45, 7) is 6.89. The summed E-state index contributed by atoms with van der Waals surface area (Å²) < 4.78 is 6.77. The van der Waals surface area contributed by atoms with Crippen LogP contribution in [-0.2, 0) is 13.0 Å². The molecule has 1 heterocycles. The molecule has 0 aliphatic carbocycles. The van der Waals surface area contributed by atoms with Gasteiger partial charge in [-0.1, -0.05) is 36.4 Å². The maximum Gasteiger partial charge on any atom is 0.133 e. The van der Waals surface area contributed by atoms with Gasteiger partial charge in [-0.05, 0) is 65.9 Å². The van der Waals surface area contributed by atoms with Gasteiger partial charge >= 0.3 is 0 Å². The smallest absolute Gasteiger partial charge is 0.133 e. The molecule has 1 N–H and O–H groups in total. The van der Waals surface area contributed by atoms with Crippen molar-refractivity contribution in [3.63, 3.8) is 0 Å². The summed E-state index contributed by atoms with van der Waals surface area (Å²) in [6.07, 6.45) is 1.65. The highest BCUT2D eigenvalue weighted by Gasteiger charge is 2.28. The zero-order valence-electron chi connectivity index (χ0n) is 15.6. The Morgan fingerprint density at radius 1 is 1.15 bits per heavy atom. The second-order valence-corrected chi connectivity index (χ2v) is 8.33. The standard InChI is InChI=1S/C22H28BrNO2/c1-16(2)26-22-9-8-18(13-20(22)23)12-19-15-24(11-10-21(19)25)14-17-6-4-3-5-7-17/h3-9,13,16,19,21,25H,10-12,14-15H2,1-2H3. The summed E-state index contributed by atoms with van der Waals surface area (Å²) in [7, 11) is 0. The van der Waals surface area contributed by atoms with Gasteiger partial charge in [-0.2, -0.15) is 0 Å². The van der Waals surface area contributed by atoms with Gasteiger partial charge in [0.25, 0.3) is 0 Å². The highest BCUT2D eigenvalue weighted by Crippen LogP contribution is 2.29. The van der Waals surface area contributed by atoms with Gasteiger partial charge in [-0.3, -0.25) is 4.90 Å². The van der Waals surface area contributed by atoms with E-state index in [-0.39, 0.29) is 18.1 Å². The summed E-state index contributed by atoms with van der Waals surface area (Å²) in [5, 5.41) is 10.5. The fraction of sp³-hybridized carbons (Fsp3) is 0.455. The normalized spacial score (nSPS) is 21.1. The first-order chi connectivity index (χ1) is 12.5. The number of aliphatic hydroxyl groups excluding tert-OH is 1. The minimum atomic E-state index is -0.229. The Morgan fingerprint density at radius 3 is 2.62 bits per heavy atom. The van der Waals surface area contributed by atoms with E-state index in [9.17, 15) is 5.11 Å². The van der Waals surface area contributed by atoms with Gasteiger partial charge in [0.15, 0.2) is 0 Å². The van der Waals surface area contributed by atoms with Gasteiger partial charge in [-0.25, -0.2) is 0 Å². The van der Waals surface area contributed by atoms with Crippen LogP contribution in [-0.4, -0.2) is 35.3 Å². The van der Waals surface area contributed by atoms with Crippen molar-refractivity contribution < 1.29 is 9.84 Å². The van der Waals surface area contributed by atoms with Crippen LogP contribution in [0.5, 0.6) is 5.75 Å². The van der Waals surface area contributed by atoms with E-state index >= 15 is 0 Å². The summed E-state index contributed by atoms with van der Waals surface area (Å²) >= 11 is 3.61. The predicted octanol–water partition coefficient (Wildman–Crippen LogP) is 4.66. The molecule has 1 aliphatic heterocycles. The molecule has 26 heavy (non-hydrogen) atoms. The Balaban J connectivity index is 1.63. The van der Waals surface area contributed by atoms with E-state index in [1.165, 1.54) is 11.1 Å². The van der Waals surface area contributed by atoms with Crippen molar-refractivity contribution in [3.8, 4) is 5.75 Å². The molecule has 3 rings (SSSR count). The van der Waals surface area contributed by atoms with Crippen molar-refractivity contribution in [2.45, 2.75) is 45.4 Å². The quantitative estimate of drug-likeness (QED) is 0.741. The molecule has 2 aromatic carbocycles. The molecule has 2 atom stereocenters. The van der Waals surface area contributed by atoms with Crippen molar-refractivity contribution in [3.05, 3.63) is 64.1 Å². The zero-order chi connectivity index (χ0) is 18.5. The number of hydrogen-bond acceptors (Lipinski definition) is 3. The SMILES string of the molecule is CC(C)Oc1ccc(CC2CN(Cc3ccccc3)CCC2O)cc1Br. The fourth-order valence-electron chi connectivity index (χ4n) is 3.60. The highest BCUT2D eigenvalue weighted by molar-refractivity contribution is 9.10. The molecule has 0 radical (unpaired) electrons. The van der Waals surface area contributed by atoms with E-state index < -0.39 is 0 Å². The highest BCUT2D eigenvalue weighted by atomic mass is 79.9. The minimum Gasteiger partial charge on any atom is -0.490 e. The number of likely N-dealkylation sites (tertiary alicyclic amines) is 1. The largest absolute Gasteiger partial charge is 0.490 e. The molecule has 0 spiro atoms. The third-order valence-corrected chi connectivity index (χ3v) is 5.50. The van der Waals surface area contributed by atoms with E-state index in [0.29, 0.717) is 0 Å².